The number of hydrogen-bond acceptors (Lipinski definition) is 9. The van der Waals surface area contributed by atoms with Gasteiger partial charge < -0.3 is 10.6 Å². The molecular weight excluding hydrogens is 378 g/mol. The Labute approximate surface area is 164 Å². The van der Waals surface area contributed by atoms with E-state index in [4.69, 9.17) is 0 Å². The highest BCUT2D eigenvalue weighted by atomic mass is 32.1. The molecule has 2 N–H and O–H groups in total. The van der Waals surface area contributed by atoms with Crippen LogP contribution >= 0.6 is 11.3 Å². The van der Waals surface area contributed by atoms with Crippen LogP contribution < -0.4 is 16.2 Å². The van der Waals surface area contributed by atoms with Gasteiger partial charge in [-0.05, 0) is 29.0 Å². The van der Waals surface area contributed by atoms with Crippen molar-refractivity contribution in [3.05, 3.63) is 52.4 Å². The maximum Gasteiger partial charge on any atom is 0.275 e. The Balaban J connectivity index is 1.38. The van der Waals surface area contributed by atoms with Crippen LogP contribution in [0, 0.1) is 0 Å². The second-order valence-corrected chi connectivity index (χ2v) is 7.00. The molecule has 0 amide bonds. The van der Waals surface area contributed by atoms with Crippen LogP contribution in [-0.4, -0.2) is 47.9 Å². The van der Waals surface area contributed by atoms with Gasteiger partial charge in [-0.2, -0.15) is 9.20 Å². The summed E-state index contributed by atoms with van der Waals surface area (Å²) < 4.78 is 2.96. The number of nitrogens with one attached hydrogen (secondary N) is 2. The number of aromatic nitrogens is 7. The molecule has 0 aliphatic heterocycles. The van der Waals surface area contributed by atoms with Crippen LogP contribution in [0.4, 0.5) is 11.1 Å². The minimum Gasteiger partial charge on any atom is -0.358 e. The van der Waals surface area contributed by atoms with Gasteiger partial charge in [0.2, 0.25) is 16.0 Å². The lowest BCUT2D eigenvalue weighted by Gasteiger charge is -2.07. The van der Waals surface area contributed by atoms with Gasteiger partial charge in [-0.25, -0.2) is 4.98 Å². The van der Waals surface area contributed by atoms with Crippen LogP contribution in [-0.2, 0) is 6.42 Å². The number of hydrogen-bond donors (Lipinski definition) is 2. The maximum absolute atomic E-state index is 12.1. The third-order valence-corrected chi connectivity index (χ3v) is 4.82. The smallest absolute Gasteiger partial charge is 0.275 e. The van der Waals surface area contributed by atoms with E-state index >= 15 is 0 Å². The first-order valence-corrected chi connectivity index (χ1v) is 9.77. The minimum absolute atomic E-state index is 0.155. The highest BCUT2D eigenvalue weighted by Crippen LogP contribution is 2.16. The summed E-state index contributed by atoms with van der Waals surface area (Å²) >= 11 is 1.36. The zero-order chi connectivity index (χ0) is 19.3. The van der Waals surface area contributed by atoms with Gasteiger partial charge in [0, 0.05) is 24.8 Å². The van der Waals surface area contributed by atoms with E-state index in [1.807, 2.05) is 30.3 Å². The SMILES string of the molecule is CCCc1cc(=O)n2nc(NCCNc3nnnn3-c3ccccc3)sc2n1. The van der Waals surface area contributed by atoms with Crippen molar-refractivity contribution in [1.82, 2.24) is 34.8 Å². The minimum atomic E-state index is -0.155. The van der Waals surface area contributed by atoms with Gasteiger partial charge in [-0.3, -0.25) is 4.79 Å². The largest absolute Gasteiger partial charge is 0.358 e. The molecular formula is C17H19N9OS. The van der Waals surface area contributed by atoms with Gasteiger partial charge in [-0.15, -0.1) is 5.10 Å². The highest BCUT2D eigenvalue weighted by Gasteiger charge is 2.09. The van der Waals surface area contributed by atoms with Gasteiger partial charge in [-0.1, -0.05) is 48.0 Å². The fraction of sp³-hybridized carbons (Fsp3) is 0.294. The summed E-state index contributed by atoms with van der Waals surface area (Å²) in [5, 5.41) is 23.0. The normalized spacial score (nSPS) is 11.0. The van der Waals surface area contributed by atoms with Crippen molar-refractivity contribution in [2.45, 2.75) is 19.8 Å². The predicted octanol–water partition coefficient (Wildman–Crippen LogP) is 1.60. The molecule has 11 heteroatoms. The molecule has 0 aliphatic rings. The average molecular weight is 397 g/mol. The zero-order valence-electron chi connectivity index (χ0n) is 15.2. The molecule has 1 aromatic carbocycles. The molecule has 0 fully saturated rings. The Hall–Kier alpha value is -3.34. The Morgan fingerprint density at radius 3 is 2.79 bits per heavy atom. The van der Waals surface area contributed by atoms with E-state index in [9.17, 15) is 4.79 Å². The summed E-state index contributed by atoms with van der Waals surface area (Å²) in [6.07, 6.45) is 1.73. The standard InChI is InChI=1S/C17H19N9OS/c1-2-6-12-11-14(27)26-17(20-12)28-16(22-26)19-10-9-18-15-21-23-24-25(15)13-7-4-3-5-8-13/h3-5,7-8,11H,2,6,9-10H2,1H3,(H,19,22)(H,18,21,24). The second kappa shape index (κ2) is 8.13. The molecule has 0 saturated heterocycles. The molecule has 4 rings (SSSR count). The van der Waals surface area contributed by atoms with Gasteiger partial charge in [0.1, 0.15) is 0 Å². The topological polar surface area (TPSA) is 115 Å². The van der Waals surface area contributed by atoms with E-state index in [1.165, 1.54) is 15.9 Å². The molecule has 0 radical (unpaired) electrons. The molecule has 3 aromatic heterocycles. The number of para-hydroxylation sites is 1. The van der Waals surface area contributed by atoms with Gasteiger partial charge >= 0.3 is 0 Å². The van der Waals surface area contributed by atoms with Crippen molar-refractivity contribution in [2.24, 2.45) is 0 Å². The van der Waals surface area contributed by atoms with E-state index in [0.717, 1.165) is 24.2 Å². The lowest BCUT2D eigenvalue weighted by atomic mass is 10.2. The van der Waals surface area contributed by atoms with Crippen LogP contribution in [0.3, 0.4) is 0 Å². The Bertz CT molecular complexity index is 1120. The van der Waals surface area contributed by atoms with Crippen molar-refractivity contribution >= 4 is 27.4 Å². The van der Waals surface area contributed by atoms with E-state index in [-0.39, 0.29) is 5.56 Å². The lowest BCUT2D eigenvalue weighted by Crippen LogP contribution is -2.17. The summed E-state index contributed by atoms with van der Waals surface area (Å²) in [4.78, 5) is 17.2. The fourth-order valence-corrected chi connectivity index (χ4v) is 3.55. The van der Waals surface area contributed by atoms with Crippen molar-refractivity contribution < 1.29 is 0 Å². The lowest BCUT2D eigenvalue weighted by molar-refractivity contribution is 0.789. The van der Waals surface area contributed by atoms with Crippen molar-refractivity contribution in [2.75, 3.05) is 23.7 Å². The Morgan fingerprint density at radius 1 is 1.14 bits per heavy atom. The number of fused-ring (bicyclic) bond motifs is 1. The number of rotatable bonds is 8. The highest BCUT2D eigenvalue weighted by molar-refractivity contribution is 7.20. The molecule has 0 spiro atoms. The van der Waals surface area contributed by atoms with Crippen LogP contribution in [0.25, 0.3) is 10.6 Å². The first-order valence-electron chi connectivity index (χ1n) is 8.96. The molecule has 0 aliphatic carbocycles. The second-order valence-electron chi connectivity index (χ2n) is 6.04. The summed E-state index contributed by atoms with van der Waals surface area (Å²) in [5.74, 6) is 0.555. The van der Waals surface area contributed by atoms with E-state index in [2.05, 4.69) is 43.2 Å². The van der Waals surface area contributed by atoms with Crippen molar-refractivity contribution in [3.63, 3.8) is 0 Å². The number of benzene rings is 1. The third kappa shape index (κ3) is 3.83. The molecule has 0 saturated carbocycles. The predicted molar refractivity (Wildman–Crippen MR) is 107 cm³/mol. The third-order valence-electron chi connectivity index (χ3n) is 3.96. The fourth-order valence-electron chi connectivity index (χ4n) is 2.70. The molecule has 10 nitrogen and oxygen atoms in total. The molecule has 3 heterocycles. The first kappa shape index (κ1) is 18.0. The molecule has 0 bridgehead atoms. The van der Waals surface area contributed by atoms with Crippen LogP contribution in [0.15, 0.2) is 41.2 Å². The molecule has 0 unspecified atom stereocenters. The summed E-state index contributed by atoms with van der Waals surface area (Å²) in [7, 11) is 0. The van der Waals surface area contributed by atoms with Gasteiger partial charge in [0.15, 0.2) is 0 Å². The summed E-state index contributed by atoms with van der Waals surface area (Å²) in [6.45, 7) is 3.22. The molecule has 4 aromatic rings. The van der Waals surface area contributed by atoms with E-state index in [0.29, 0.717) is 29.1 Å². The zero-order valence-corrected chi connectivity index (χ0v) is 16.1. The molecule has 28 heavy (non-hydrogen) atoms. The summed E-state index contributed by atoms with van der Waals surface area (Å²) in [6, 6.07) is 11.2. The Morgan fingerprint density at radius 2 is 1.96 bits per heavy atom. The first-order chi connectivity index (χ1) is 13.7. The van der Waals surface area contributed by atoms with Gasteiger partial charge in [0.05, 0.1) is 5.69 Å². The molecule has 144 valence electrons. The van der Waals surface area contributed by atoms with Crippen LogP contribution in [0.5, 0.6) is 0 Å². The monoisotopic (exact) mass is 397 g/mol. The molecule has 0 atom stereocenters. The van der Waals surface area contributed by atoms with Crippen LogP contribution in [0.2, 0.25) is 0 Å². The summed E-state index contributed by atoms with van der Waals surface area (Å²) in [5.41, 5.74) is 1.53. The van der Waals surface area contributed by atoms with E-state index < -0.39 is 0 Å². The quantitative estimate of drug-likeness (QED) is 0.431. The number of nitrogens with zero attached hydrogens (tertiary/aromatic N) is 7. The average Bonchev–Trinajstić information content (AvgIpc) is 3.33. The number of aryl methyl sites for hydroxylation is 1. The van der Waals surface area contributed by atoms with Crippen molar-refractivity contribution in [3.8, 4) is 5.69 Å². The Kier molecular flexibility index (Phi) is 5.24. The van der Waals surface area contributed by atoms with E-state index in [1.54, 1.807) is 10.7 Å². The van der Waals surface area contributed by atoms with Crippen molar-refractivity contribution in [1.29, 1.82) is 0 Å². The maximum atomic E-state index is 12.1. The number of tetrazole rings is 1. The van der Waals surface area contributed by atoms with Crippen LogP contribution in [0.1, 0.15) is 19.0 Å². The van der Waals surface area contributed by atoms with Gasteiger partial charge in [0.25, 0.3) is 5.56 Å². The number of anilines is 2.